The van der Waals surface area contributed by atoms with Crippen LogP contribution >= 0.6 is 11.8 Å². The second-order valence-electron chi connectivity index (χ2n) is 6.10. The van der Waals surface area contributed by atoms with Gasteiger partial charge in [-0.2, -0.15) is 30.7 Å². The van der Waals surface area contributed by atoms with Gasteiger partial charge in [0.15, 0.2) is 34.8 Å². The highest BCUT2D eigenvalue weighted by Crippen LogP contribution is 2.37. The number of aromatic amines is 1. The molecule has 0 saturated carbocycles. The number of ether oxygens (including phenoxy) is 4. The number of rotatable bonds is 10. The summed E-state index contributed by atoms with van der Waals surface area (Å²) >= 11 is 1.04. The standard InChI is InChI=1S/C18H14F7N3O4S/c1-29-14-10(26-3-2-11(14)30-7-18(23,24)25)6-33-17-27-8-4-12(31-15(19)20)13(32-16(21)22)5-9(8)28-17/h2-5,15-16H,6-7H2,1H3,(H,27,28). The predicted molar refractivity (Wildman–Crippen MR) is 101 cm³/mol. The third-order valence-corrected chi connectivity index (χ3v) is 4.73. The van der Waals surface area contributed by atoms with Gasteiger partial charge in [0, 0.05) is 30.1 Å². The van der Waals surface area contributed by atoms with E-state index in [-0.39, 0.29) is 39.1 Å². The van der Waals surface area contributed by atoms with Gasteiger partial charge in [-0.15, -0.1) is 0 Å². The maximum atomic E-state index is 12.6. The number of pyridine rings is 1. The first kappa shape index (κ1) is 24.5. The van der Waals surface area contributed by atoms with Crippen molar-refractivity contribution in [3.8, 4) is 23.0 Å². The fraction of sp³-hybridized carbons (Fsp3) is 0.333. The van der Waals surface area contributed by atoms with Gasteiger partial charge >= 0.3 is 19.4 Å². The third-order valence-electron chi connectivity index (χ3n) is 3.84. The van der Waals surface area contributed by atoms with Crippen LogP contribution in [0.3, 0.4) is 0 Å². The number of alkyl halides is 7. The average molecular weight is 501 g/mol. The van der Waals surface area contributed by atoms with E-state index in [4.69, 9.17) is 9.47 Å². The Morgan fingerprint density at radius 1 is 1.03 bits per heavy atom. The Labute approximate surface area is 185 Å². The van der Waals surface area contributed by atoms with Crippen LogP contribution in [0.1, 0.15) is 5.69 Å². The Morgan fingerprint density at radius 3 is 2.30 bits per heavy atom. The Bertz CT molecular complexity index is 1050. The van der Waals surface area contributed by atoms with Crippen molar-refractivity contribution in [2.24, 2.45) is 0 Å². The molecule has 3 aromatic rings. The third kappa shape index (κ3) is 6.69. The number of aromatic nitrogens is 3. The van der Waals surface area contributed by atoms with Gasteiger partial charge in [-0.1, -0.05) is 11.8 Å². The molecule has 0 saturated heterocycles. The van der Waals surface area contributed by atoms with E-state index >= 15 is 0 Å². The van der Waals surface area contributed by atoms with Crippen molar-refractivity contribution >= 4 is 22.8 Å². The molecule has 0 radical (unpaired) electrons. The topological polar surface area (TPSA) is 78.5 Å². The second kappa shape index (κ2) is 10.2. The molecular formula is C18H14F7N3O4S. The number of hydrogen-bond donors (Lipinski definition) is 1. The van der Waals surface area contributed by atoms with Crippen molar-refractivity contribution in [3.05, 3.63) is 30.1 Å². The molecule has 0 aliphatic carbocycles. The van der Waals surface area contributed by atoms with E-state index in [0.29, 0.717) is 0 Å². The summed E-state index contributed by atoms with van der Waals surface area (Å²) in [7, 11) is 1.24. The largest absolute Gasteiger partial charge is 0.491 e. The molecule has 33 heavy (non-hydrogen) atoms. The summed E-state index contributed by atoms with van der Waals surface area (Å²) in [6.07, 6.45) is -3.30. The predicted octanol–water partition coefficient (Wildman–Crippen LogP) is 5.40. The molecule has 0 aliphatic heterocycles. The molecule has 0 unspecified atom stereocenters. The van der Waals surface area contributed by atoms with E-state index in [1.54, 1.807) is 0 Å². The van der Waals surface area contributed by atoms with Gasteiger partial charge in [0.25, 0.3) is 0 Å². The zero-order valence-corrected chi connectivity index (χ0v) is 17.3. The molecule has 2 heterocycles. The molecule has 0 bridgehead atoms. The molecule has 3 rings (SSSR count). The molecule has 1 N–H and O–H groups in total. The molecule has 2 aromatic heterocycles. The summed E-state index contributed by atoms with van der Waals surface area (Å²) in [6.45, 7) is -8.07. The fourth-order valence-electron chi connectivity index (χ4n) is 2.64. The summed E-state index contributed by atoms with van der Waals surface area (Å²) in [5.74, 6) is -1.35. The van der Waals surface area contributed by atoms with Gasteiger partial charge in [0.05, 0.1) is 23.8 Å². The molecule has 1 aromatic carbocycles. The van der Waals surface area contributed by atoms with Crippen molar-refractivity contribution in [3.63, 3.8) is 0 Å². The van der Waals surface area contributed by atoms with Crippen LogP contribution in [0.5, 0.6) is 23.0 Å². The van der Waals surface area contributed by atoms with E-state index in [0.717, 1.165) is 23.9 Å². The van der Waals surface area contributed by atoms with Crippen LogP contribution in [0.25, 0.3) is 11.0 Å². The molecule has 0 spiro atoms. The Hall–Kier alpha value is -3.10. The summed E-state index contributed by atoms with van der Waals surface area (Å²) in [6, 6.07) is 3.25. The molecule has 0 amide bonds. The van der Waals surface area contributed by atoms with Gasteiger partial charge < -0.3 is 23.9 Å². The molecule has 7 nitrogen and oxygen atoms in total. The quantitative estimate of drug-likeness (QED) is 0.294. The average Bonchev–Trinajstić information content (AvgIpc) is 3.11. The Balaban J connectivity index is 1.81. The molecule has 15 heteroatoms. The number of nitrogens with zero attached hydrogens (tertiary/aromatic N) is 2. The normalized spacial score (nSPS) is 11.9. The first-order valence-corrected chi connectivity index (χ1v) is 9.82. The lowest BCUT2D eigenvalue weighted by molar-refractivity contribution is -0.153. The highest BCUT2D eigenvalue weighted by Gasteiger charge is 2.29. The van der Waals surface area contributed by atoms with Gasteiger partial charge in [0.1, 0.15) is 0 Å². The summed E-state index contributed by atoms with van der Waals surface area (Å²) in [5.41, 5.74) is 0.556. The van der Waals surface area contributed by atoms with Gasteiger partial charge in [0.2, 0.25) is 0 Å². The number of benzene rings is 1. The van der Waals surface area contributed by atoms with E-state index in [2.05, 4.69) is 24.4 Å². The Kier molecular flexibility index (Phi) is 7.61. The van der Waals surface area contributed by atoms with Crippen molar-refractivity contribution in [1.82, 2.24) is 15.0 Å². The highest BCUT2D eigenvalue weighted by molar-refractivity contribution is 7.98. The lowest BCUT2D eigenvalue weighted by Gasteiger charge is -2.14. The van der Waals surface area contributed by atoms with Gasteiger partial charge in [-0.25, -0.2) is 4.98 Å². The van der Waals surface area contributed by atoms with Crippen LogP contribution in [0, 0.1) is 0 Å². The maximum absolute atomic E-state index is 12.6. The lowest BCUT2D eigenvalue weighted by atomic mass is 10.3. The lowest BCUT2D eigenvalue weighted by Crippen LogP contribution is -2.19. The van der Waals surface area contributed by atoms with E-state index in [1.165, 1.54) is 19.4 Å². The molecule has 0 aliphatic rings. The van der Waals surface area contributed by atoms with Crippen molar-refractivity contribution in [1.29, 1.82) is 0 Å². The zero-order chi connectivity index (χ0) is 24.2. The molecule has 0 fully saturated rings. The molecule has 0 atom stereocenters. The summed E-state index contributed by atoms with van der Waals surface area (Å²) in [5, 5.41) is 0.229. The molecule has 180 valence electrons. The number of methoxy groups -OCH3 is 1. The van der Waals surface area contributed by atoms with Crippen molar-refractivity contribution in [2.45, 2.75) is 30.3 Å². The molecular weight excluding hydrogens is 487 g/mol. The first-order valence-electron chi connectivity index (χ1n) is 8.83. The van der Waals surface area contributed by atoms with Crippen molar-refractivity contribution < 1.29 is 49.7 Å². The zero-order valence-electron chi connectivity index (χ0n) is 16.5. The van der Waals surface area contributed by atoms with E-state index < -0.39 is 37.5 Å². The van der Waals surface area contributed by atoms with Gasteiger partial charge in [-0.05, 0) is 0 Å². The fourth-order valence-corrected chi connectivity index (χ4v) is 3.47. The van der Waals surface area contributed by atoms with E-state index in [9.17, 15) is 30.7 Å². The monoisotopic (exact) mass is 501 g/mol. The number of imidazole rings is 1. The van der Waals surface area contributed by atoms with Gasteiger partial charge in [-0.3, -0.25) is 4.98 Å². The summed E-state index contributed by atoms with van der Waals surface area (Å²) < 4.78 is 106. The van der Waals surface area contributed by atoms with Crippen LogP contribution in [0.15, 0.2) is 29.6 Å². The van der Waals surface area contributed by atoms with Crippen LogP contribution in [-0.4, -0.2) is 48.1 Å². The Morgan fingerprint density at radius 2 is 1.70 bits per heavy atom. The van der Waals surface area contributed by atoms with Crippen LogP contribution < -0.4 is 18.9 Å². The minimum Gasteiger partial charge on any atom is -0.491 e. The van der Waals surface area contributed by atoms with Crippen molar-refractivity contribution in [2.75, 3.05) is 13.7 Å². The smallest absolute Gasteiger partial charge is 0.422 e. The first-order chi connectivity index (χ1) is 15.6. The van der Waals surface area contributed by atoms with Crippen LogP contribution in [0.4, 0.5) is 30.7 Å². The highest BCUT2D eigenvalue weighted by atomic mass is 32.2. The number of hydrogen-bond acceptors (Lipinski definition) is 7. The maximum Gasteiger partial charge on any atom is 0.422 e. The second-order valence-corrected chi connectivity index (χ2v) is 7.06. The number of fused-ring (bicyclic) bond motifs is 1. The minimum absolute atomic E-state index is 0.00870. The summed E-state index contributed by atoms with van der Waals surface area (Å²) in [4.78, 5) is 11.0. The minimum atomic E-state index is -4.54. The number of H-pyrrole nitrogens is 1. The number of nitrogens with one attached hydrogen (secondary N) is 1. The van der Waals surface area contributed by atoms with Crippen LogP contribution in [-0.2, 0) is 5.75 Å². The van der Waals surface area contributed by atoms with Crippen LogP contribution in [0.2, 0.25) is 0 Å². The SMILES string of the molecule is COc1c(OCC(F)(F)F)ccnc1CSc1nc2cc(OC(F)F)c(OC(F)F)cc2[nH]1. The number of halogens is 7. The number of thioether (sulfide) groups is 1. The van der Waals surface area contributed by atoms with E-state index in [1.807, 2.05) is 0 Å².